The lowest BCUT2D eigenvalue weighted by Gasteiger charge is -2.30. The summed E-state index contributed by atoms with van der Waals surface area (Å²) in [7, 11) is 0. The number of aliphatic hydroxyl groups is 1. The second-order valence-corrected chi connectivity index (χ2v) is 5.24. The van der Waals surface area contributed by atoms with Crippen molar-refractivity contribution in [2.45, 2.75) is 32.9 Å². The Morgan fingerprint density at radius 1 is 1.53 bits per heavy atom. The van der Waals surface area contributed by atoms with Crippen molar-refractivity contribution < 1.29 is 9.84 Å². The van der Waals surface area contributed by atoms with E-state index in [1.165, 1.54) is 6.20 Å². The maximum Gasteiger partial charge on any atom is 0.231 e. The van der Waals surface area contributed by atoms with Gasteiger partial charge in [0, 0.05) is 12.2 Å². The molecule has 1 unspecified atom stereocenters. The van der Waals surface area contributed by atoms with Crippen LogP contribution < -0.4 is 10.5 Å². The van der Waals surface area contributed by atoms with Crippen LogP contribution in [-0.2, 0) is 0 Å². The largest absolute Gasteiger partial charge is 0.474 e. The Labute approximate surface area is 119 Å². The van der Waals surface area contributed by atoms with Crippen molar-refractivity contribution in [1.82, 2.24) is 4.98 Å². The highest BCUT2D eigenvalue weighted by molar-refractivity contribution is 5.85. The Bertz CT molecular complexity index is 440. The molecule has 0 aliphatic carbocycles. The molecule has 6 heteroatoms. The van der Waals surface area contributed by atoms with E-state index in [-0.39, 0.29) is 30.3 Å². The SMILES string of the molecule is CC(C)(C)C(N)[C@@H](O)COc1ncccc1C#N.Cl. The van der Waals surface area contributed by atoms with Crippen molar-refractivity contribution in [2.75, 3.05) is 6.61 Å². The Kier molecular flexibility index (Phi) is 6.77. The van der Waals surface area contributed by atoms with Gasteiger partial charge in [0.25, 0.3) is 0 Å². The molecule has 5 nitrogen and oxygen atoms in total. The maximum atomic E-state index is 9.92. The number of nitriles is 1. The standard InChI is InChI=1S/C13H19N3O2.ClH/c1-13(2,3)11(15)10(17)8-18-12-9(7-14)5-4-6-16-12;/h4-6,10-11,17H,8,15H2,1-3H3;1H/t10-,11?;/m0./s1. The summed E-state index contributed by atoms with van der Waals surface area (Å²) in [6.45, 7) is 5.86. The van der Waals surface area contributed by atoms with E-state index in [9.17, 15) is 5.11 Å². The van der Waals surface area contributed by atoms with Crippen LogP contribution in [0.1, 0.15) is 26.3 Å². The number of rotatable bonds is 4. The van der Waals surface area contributed by atoms with E-state index in [1.54, 1.807) is 12.1 Å². The molecule has 2 atom stereocenters. The van der Waals surface area contributed by atoms with E-state index in [0.717, 1.165) is 0 Å². The summed E-state index contributed by atoms with van der Waals surface area (Å²) < 4.78 is 5.34. The van der Waals surface area contributed by atoms with Gasteiger partial charge in [-0.25, -0.2) is 4.98 Å². The van der Waals surface area contributed by atoms with Gasteiger partial charge in [0.2, 0.25) is 5.88 Å². The van der Waals surface area contributed by atoms with Gasteiger partial charge in [-0.2, -0.15) is 5.26 Å². The third kappa shape index (κ3) is 5.03. The smallest absolute Gasteiger partial charge is 0.231 e. The predicted octanol–water partition coefficient (Wildman–Crippen LogP) is 1.49. The third-order valence-electron chi connectivity index (χ3n) is 2.70. The number of hydrogen-bond acceptors (Lipinski definition) is 5. The summed E-state index contributed by atoms with van der Waals surface area (Å²) in [5, 5.41) is 18.8. The molecule has 3 N–H and O–H groups in total. The summed E-state index contributed by atoms with van der Waals surface area (Å²) in [5.41, 5.74) is 6.04. The average Bonchev–Trinajstić information content (AvgIpc) is 2.34. The van der Waals surface area contributed by atoms with Gasteiger partial charge in [0.15, 0.2) is 0 Å². The number of ether oxygens (including phenoxy) is 1. The molecule has 0 saturated heterocycles. The second-order valence-electron chi connectivity index (χ2n) is 5.24. The molecule has 0 fully saturated rings. The topological polar surface area (TPSA) is 92.2 Å². The van der Waals surface area contributed by atoms with Gasteiger partial charge in [-0.1, -0.05) is 20.8 Å². The van der Waals surface area contributed by atoms with E-state index in [4.69, 9.17) is 15.7 Å². The van der Waals surface area contributed by atoms with Crippen LogP contribution >= 0.6 is 12.4 Å². The molecule has 1 aromatic rings. The van der Waals surface area contributed by atoms with Crippen molar-refractivity contribution in [3.05, 3.63) is 23.9 Å². The molecule has 0 aliphatic heterocycles. The molecule has 106 valence electrons. The molecule has 0 saturated carbocycles. The van der Waals surface area contributed by atoms with Crippen LogP contribution in [0.3, 0.4) is 0 Å². The van der Waals surface area contributed by atoms with Gasteiger partial charge in [0.1, 0.15) is 24.3 Å². The molecule has 0 radical (unpaired) electrons. The third-order valence-corrected chi connectivity index (χ3v) is 2.70. The number of hydrogen-bond donors (Lipinski definition) is 2. The fraction of sp³-hybridized carbons (Fsp3) is 0.538. The quantitative estimate of drug-likeness (QED) is 0.874. The van der Waals surface area contributed by atoms with Gasteiger partial charge in [0.05, 0.1) is 0 Å². The van der Waals surface area contributed by atoms with Crippen LogP contribution in [0.4, 0.5) is 0 Å². The van der Waals surface area contributed by atoms with Gasteiger partial charge in [-0.05, 0) is 17.5 Å². The summed E-state index contributed by atoms with van der Waals surface area (Å²) in [6, 6.07) is 4.83. The minimum Gasteiger partial charge on any atom is -0.474 e. The van der Waals surface area contributed by atoms with E-state index in [0.29, 0.717) is 5.56 Å². The number of pyridine rings is 1. The van der Waals surface area contributed by atoms with Crippen LogP contribution in [0.15, 0.2) is 18.3 Å². The van der Waals surface area contributed by atoms with E-state index in [1.807, 2.05) is 26.8 Å². The van der Waals surface area contributed by atoms with Crippen molar-refractivity contribution >= 4 is 12.4 Å². The average molecular weight is 286 g/mol. The zero-order chi connectivity index (χ0) is 13.8. The normalized spacial score (nSPS) is 13.9. The monoisotopic (exact) mass is 285 g/mol. The first-order chi connectivity index (χ1) is 8.36. The molecule has 1 aromatic heterocycles. The Morgan fingerprint density at radius 2 is 2.16 bits per heavy atom. The first-order valence-corrected chi connectivity index (χ1v) is 5.78. The van der Waals surface area contributed by atoms with Crippen LogP contribution in [0, 0.1) is 16.7 Å². The number of aromatic nitrogens is 1. The fourth-order valence-electron chi connectivity index (χ4n) is 1.44. The van der Waals surface area contributed by atoms with Gasteiger partial charge in [-0.3, -0.25) is 0 Å². The molecule has 0 aliphatic rings. The first kappa shape index (κ1) is 17.6. The van der Waals surface area contributed by atoms with Crippen molar-refractivity contribution in [2.24, 2.45) is 11.1 Å². The second kappa shape index (κ2) is 7.29. The minimum absolute atomic E-state index is 0. The lowest BCUT2D eigenvalue weighted by molar-refractivity contribution is 0.0479. The van der Waals surface area contributed by atoms with Gasteiger partial charge < -0.3 is 15.6 Å². The number of aliphatic hydroxyl groups excluding tert-OH is 1. The zero-order valence-corrected chi connectivity index (χ0v) is 12.1. The summed E-state index contributed by atoms with van der Waals surface area (Å²) >= 11 is 0. The molecule has 0 amide bonds. The Morgan fingerprint density at radius 3 is 2.68 bits per heavy atom. The number of nitrogens with zero attached hydrogens (tertiary/aromatic N) is 2. The van der Waals surface area contributed by atoms with Crippen molar-refractivity contribution in [3.8, 4) is 11.9 Å². The molecule has 1 rings (SSSR count). The maximum absolute atomic E-state index is 9.92. The van der Waals surface area contributed by atoms with E-state index in [2.05, 4.69) is 4.98 Å². The molecular weight excluding hydrogens is 266 g/mol. The summed E-state index contributed by atoms with van der Waals surface area (Å²) in [6.07, 6.45) is 0.727. The van der Waals surface area contributed by atoms with Gasteiger partial charge >= 0.3 is 0 Å². The lowest BCUT2D eigenvalue weighted by atomic mass is 9.84. The molecular formula is C13H20ClN3O2. The molecule has 0 bridgehead atoms. The van der Waals surface area contributed by atoms with Gasteiger partial charge in [-0.15, -0.1) is 12.4 Å². The van der Waals surface area contributed by atoms with Crippen LogP contribution in [0.25, 0.3) is 0 Å². The molecule has 19 heavy (non-hydrogen) atoms. The Balaban J connectivity index is 0.00000324. The summed E-state index contributed by atoms with van der Waals surface area (Å²) in [4.78, 5) is 3.95. The highest BCUT2D eigenvalue weighted by Crippen LogP contribution is 2.21. The molecule has 0 spiro atoms. The van der Waals surface area contributed by atoms with Crippen LogP contribution in [-0.4, -0.2) is 28.8 Å². The number of halogens is 1. The van der Waals surface area contributed by atoms with Crippen LogP contribution in [0.5, 0.6) is 5.88 Å². The fourth-order valence-corrected chi connectivity index (χ4v) is 1.44. The number of nitrogens with two attached hydrogens (primary N) is 1. The lowest BCUT2D eigenvalue weighted by Crippen LogP contribution is -2.47. The Hall–Kier alpha value is -1.35. The predicted molar refractivity (Wildman–Crippen MR) is 75.1 cm³/mol. The summed E-state index contributed by atoms with van der Waals surface area (Å²) in [5.74, 6) is 0.222. The van der Waals surface area contributed by atoms with Crippen molar-refractivity contribution in [3.63, 3.8) is 0 Å². The minimum atomic E-state index is -0.807. The highest BCUT2D eigenvalue weighted by Gasteiger charge is 2.28. The highest BCUT2D eigenvalue weighted by atomic mass is 35.5. The van der Waals surface area contributed by atoms with Crippen molar-refractivity contribution in [1.29, 1.82) is 5.26 Å². The molecule has 0 aromatic carbocycles. The molecule has 1 heterocycles. The zero-order valence-electron chi connectivity index (χ0n) is 11.3. The van der Waals surface area contributed by atoms with E-state index >= 15 is 0 Å². The first-order valence-electron chi connectivity index (χ1n) is 5.78. The van der Waals surface area contributed by atoms with E-state index < -0.39 is 12.1 Å². The van der Waals surface area contributed by atoms with Crippen LogP contribution in [0.2, 0.25) is 0 Å².